The van der Waals surface area contributed by atoms with Gasteiger partial charge in [-0.15, -0.1) is 0 Å². The number of nitrogens with one attached hydrogen (secondary N) is 1. The Morgan fingerprint density at radius 3 is 2.65 bits per heavy atom. The van der Waals surface area contributed by atoms with Crippen molar-refractivity contribution in [3.8, 4) is 5.75 Å². The summed E-state index contributed by atoms with van der Waals surface area (Å²) in [5.74, 6) is -0.343. The summed E-state index contributed by atoms with van der Waals surface area (Å²) < 4.78 is 18.2. The van der Waals surface area contributed by atoms with Crippen molar-refractivity contribution in [2.75, 3.05) is 18.2 Å². The molecule has 96 valence electrons. The number of benzene rings is 1. The molecule has 1 rings (SSSR count). The number of aliphatic hydroxyl groups excluding tert-OH is 1. The number of halogens is 1. The highest BCUT2D eigenvalue weighted by Crippen LogP contribution is 2.28. The zero-order chi connectivity index (χ0) is 13.0. The Hall–Kier alpha value is -1.49. The Kier molecular flexibility index (Phi) is 4.57. The van der Waals surface area contributed by atoms with Crippen molar-refractivity contribution < 1.29 is 14.2 Å². The molecule has 0 bridgehead atoms. The smallest absolute Gasteiger partial charge is 0.167 e. The Morgan fingerprint density at radius 1 is 1.47 bits per heavy atom. The van der Waals surface area contributed by atoms with Gasteiger partial charge >= 0.3 is 0 Å². The first-order valence-electron chi connectivity index (χ1n) is 5.51. The lowest BCUT2D eigenvalue weighted by Gasteiger charge is -2.18. The number of ether oxygens (including phenoxy) is 1. The lowest BCUT2D eigenvalue weighted by atomic mass is 10.1. The lowest BCUT2D eigenvalue weighted by Crippen LogP contribution is -2.21. The number of aliphatic hydroxyl groups is 1. The molecule has 0 aliphatic heterocycles. The molecule has 17 heavy (non-hydrogen) atoms. The van der Waals surface area contributed by atoms with Gasteiger partial charge in [0.2, 0.25) is 0 Å². The standard InChI is InChI=1S/C12H19FN2O2/c1-7(4-8(2)16)15-11-6-12(17-3)9(13)5-10(11)14/h5-8,15-16H,4,14H2,1-3H3. The van der Waals surface area contributed by atoms with Crippen LogP contribution in [0.5, 0.6) is 5.75 Å². The zero-order valence-corrected chi connectivity index (χ0v) is 10.3. The number of methoxy groups -OCH3 is 1. The van der Waals surface area contributed by atoms with Gasteiger partial charge in [-0.25, -0.2) is 4.39 Å². The molecule has 0 radical (unpaired) electrons. The van der Waals surface area contributed by atoms with Crippen molar-refractivity contribution in [3.63, 3.8) is 0 Å². The van der Waals surface area contributed by atoms with Crippen LogP contribution in [0.1, 0.15) is 20.3 Å². The molecule has 0 amide bonds. The van der Waals surface area contributed by atoms with E-state index in [1.807, 2.05) is 6.92 Å². The summed E-state index contributed by atoms with van der Waals surface area (Å²) in [5, 5.41) is 12.4. The van der Waals surface area contributed by atoms with Gasteiger partial charge in [-0.2, -0.15) is 0 Å². The highest BCUT2D eigenvalue weighted by molar-refractivity contribution is 5.68. The van der Waals surface area contributed by atoms with Gasteiger partial charge in [0.25, 0.3) is 0 Å². The lowest BCUT2D eigenvalue weighted by molar-refractivity contribution is 0.179. The highest BCUT2D eigenvalue weighted by Gasteiger charge is 2.11. The fourth-order valence-corrected chi connectivity index (χ4v) is 1.69. The largest absolute Gasteiger partial charge is 0.494 e. The van der Waals surface area contributed by atoms with Gasteiger partial charge in [0.15, 0.2) is 11.6 Å². The highest BCUT2D eigenvalue weighted by atomic mass is 19.1. The van der Waals surface area contributed by atoms with E-state index in [0.717, 1.165) is 0 Å². The van der Waals surface area contributed by atoms with Gasteiger partial charge in [0.05, 0.1) is 24.6 Å². The minimum Gasteiger partial charge on any atom is -0.494 e. The van der Waals surface area contributed by atoms with Crippen molar-refractivity contribution in [3.05, 3.63) is 17.9 Å². The summed E-state index contributed by atoms with van der Waals surface area (Å²) in [6.07, 6.45) is 0.181. The summed E-state index contributed by atoms with van der Waals surface area (Å²) in [5.41, 5.74) is 6.63. The van der Waals surface area contributed by atoms with Crippen molar-refractivity contribution in [2.24, 2.45) is 0 Å². The molecule has 4 nitrogen and oxygen atoms in total. The molecule has 0 saturated heterocycles. The molecule has 0 spiro atoms. The van der Waals surface area contributed by atoms with E-state index in [9.17, 15) is 9.50 Å². The van der Waals surface area contributed by atoms with E-state index in [1.165, 1.54) is 19.2 Å². The first-order valence-corrected chi connectivity index (χ1v) is 5.51. The Labute approximate surface area is 101 Å². The number of nitrogen functional groups attached to an aromatic ring is 1. The van der Waals surface area contributed by atoms with Crippen LogP contribution >= 0.6 is 0 Å². The molecule has 2 atom stereocenters. The minimum atomic E-state index is -0.487. The molecular weight excluding hydrogens is 223 g/mol. The van der Waals surface area contributed by atoms with Crippen molar-refractivity contribution in [2.45, 2.75) is 32.4 Å². The van der Waals surface area contributed by atoms with Crippen LogP contribution in [0, 0.1) is 5.82 Å². The maximum absolute atomic E-state index is 13.3. The molecule has 0 heterocycles. The fraction of sp³-hybridized carbons (Fsp3) is 0.500. The van der Waals surface area contributed by atoms with Crippen molar-refractivity contribution >= 4 is 11.4 Å². The third-order valence-corrected chi connectivity index (χ3v) is 2.42. The van der Waals surface area contributed by atoms with Crippen LogP contribution in [-0.4, -0.2) is 24.4 Å². The number of rotatable bonds is 5. The normalized spacial score (nSPS) is 14.2. The second-order valence-electron chi connectivity index (χ2n) is 4.20. The van der Waals surface area contributed by atoms with E-state index in [2.05, 4.69) is 5.32 Å². The van der Waals surface area contributed by atoms with Gasteiger partial charge in [0, 0.05) is 18.2 Å². The van der Waals surface area contributed by atoms with E-state index in [1.54, 1.807) is 6.92 Å². The number of hydrogen-bond acceptors (Lipinski definition) is 4. The quantitative estimate of drug-likeness (QED) is 0.691. The molecule has 0 saturated carbocycles. The third-order valence-electron chi connectivity index (χ3n) is 2.42. The van der Waals surface area contributed by atoms with Crippen LogP contribution in [0.25, 0.3) is 0 Å². The van der Waals surface area contributed by atoms with Crippen LogP contribution in [0.3, 0.4) is 0 Å². The van der Waals surface area contributed by atoms with Crippen LogP contribution < -0.4 is 15.8 Å². The predicted octanol–water partition coefficient (Wildman–Crippen LogP) is 1.99. The van der Waals surface area contributed by atoms with Crippen LogP contribution in [0.4, 0.5) is 15.8 Å². The molecule has 4 N–H and O–H groups in total. The van der Waals surface area contributed by atoms with E-state index < -0.39 is 11.9 Å². The fourth-order valence-electron chi connectivity index (χ4n) is 1.69. The third kappa shape index (κ3) is 3.78. The Bertz CT molecular complexity index is 383. The zero-order valence-electron chi connectivity index (χ0n) is 10.3. The monoisotopic (exact) mass is 242 g/mol. The topological polar surface area (TPSA) is 67.5 Å². The average Bonchev–Trinajstić information content (AvgIpc) is 2.20. The van der Waals surface area contributed by atoms with E-state index in [-0.39, 0.29) is 11.8 Å². The SMILES string of the molecule is COc1cc(NC(C)CC(C)O)c(N)cc1F. The van der Waals surface area contributed by atoms with E-state index >= 15 is 0 Å². The average molecular weight is 242 g/mol. The second-order valence-corrected chi connectivity index (χ2v) is 4.20. The van der Waals surface area contributed by atoms with Crippen LogP contribution in [-0.2, 0) is 0 Å². The molecule has 5 heteroatoms. The van der Waals surface area contributed by atoms with E-state index in [4.69, 9.17) is 10.5 Å². The summed E-state index contributed by atoms with van der Waals surface area (Å²) in [6, 6.07) is 2.77. The molecule has 0 aromatic heterocycles. The van der Waals surface area contributed by atoms with Crippen LogP contribution in [0.15, 0.2) is 12.1 Å². The van der Waals surface area contributed by atoms with Gasteiger partial charge in [0.1, 0.15) is 0 Å². The second kappa shape index (κ2) is 5.72. The molecule has 1 aromatic rings. The number of nitrogens with two attached hydrogens (primary N) is 1. The maximum Gasteiger partial charge on any atom is 0.167 e. The van der Waals surface area contributed by atoms with Gasteiger partial charge < -0.3 is 20.9 Å². The first-order chi connectivity index (χ1) is 7.93. The minimum absolute atomic E-state index is 0.0347. The summed E-state index contributed by atoms with van der Waals surface area (Å²) in [4.78, 5) is 0. The maximum atomic E-state index is 13.3. The number of hydrogen-bond donors (Lipinski definition) is 3. The first kappa shape index (κ1) is 13.6. The number of anilines is 2. The molecule has 0 aliphatic rings. The van der Waals surface area contributed by atoms with Gasteiger partial charge in [-0.05, 0) is 20.3 Å². The Balaban J connectivity index is 2.83. The summed E-state index contributed by atoms with van der Waals surface area (Å²) in [7, 11) is 1.40. The Morgan fingerprint density at radius 2 is 2.12 bits per heavy atom. The van der Waals surface area contributed by atoms with Crippen molar-refractivity contribution in [1.82, 2.24) is 0 Å². The molecule has 0 aliphatic carbocycles. The predicted molar refractivity (Wildman–Crippen MR) is 66.7 cm³/mol. The van der Waals surface area contributed by atoms with Crippen molar-refractivity contribution in [1.29, 1.82) is 0 Å². The van der Waals surface area contributed by atoms with Crippen LogP contribution in [0.2, 0.25) is 0 Å². The summed E-state index contributed by atoms with van der Waals surface area (Å²) in [6.45, 7) is 3.63. The molecular formula is C12H19FN2O2. The molecule has 2 unspecified atom stereocenters. The molecule has 0 fully saturated rings. The van der Waals surface area contributed by atoms with Gasteiger partial charge in [-0.3, -0.25) is 0 Å². The summed E-state index contributed by atoms with van der Waals surface area (Å²) >= 11 is 0. The molecule has 1 aromatic carbocycles. The van der Waals surface area contributed by atoms with E-state index in [0.29, 0.717) is 17.8 Å². The van der Waals surface area contributed by atoms with Gasteiger partial charge in [-0.1, -0.05) is 0 Å².